The number of carbonyl (C=O) groups excluding carboxylic acids is 2. The largest absolute Gasteiger partial charge is 0.370 e. The van der Waals surface area contributed by atoms with Gasteiger partial charge in [0.2, 0.25) is 11.8 Å². The molecular formula is C12H19N5O2. The zero-order valence-electron chi connectivity index (χ0n) is 11.0. The van der Waals surface area contributed by atoms with E-state index in [0.29, 0.717) is 6.54 Å². The van der Waals surface area contributed by atoms with E-state index in [1.54, 1.807) is 11.1 Å². The van der Waals surface area contributed by atoms with Gasteiger partial charge in [-0.25, -0.2) is 4.98 Å². The molecule has 1 aromatic rings. The second-order valence-corrected chi connectivity index (χ2v) is 4.93. The molecule has 1 aromatic heterocycles. The quantitative estimate of drug-likeness (QED) is 0.696. The number of rotatable bonds is 6. The Hall–Kier alpha value is -1.89. The van der Waals surface area contributed by atoms with Gasteiger partial charge in [-0.1, -0.05) is 0 Å². The summed E-state index contributed by atoms with van der Waals surface area (Å²) < 4.78 is 1.86. The van der Waals surface area contributed by atoms with E-state index >= 15 is 0 Å². The van der Waals surface area contributed by atoms with Crippen molar-refractivity contribution in [2.75, 3.05) is 0 Å². The van der Waals surface area contributed by atoms with Crippen molar-refractivity contribution in [2.45, 2.75) is 37.9 Å². The number of aromatic nitrogens is 2. The average molecular weight is 265 g/mol. The number of amides is 2. The molecule has 0 aliphatic heterocycles. The van der Waals surface area contributed by atoms with E-state index in [9.17, 15) is 9.59 Å². The molecule has 1 saturated carbocycles. The molecule has 0 spiro atoms. The summed E-state index contributed by atoms with van der Waals surface area (Å²) in [6.45, 7) is 0.416. The van der Waals surface area contributed by atoms with Gasteiger partial charge in [0, 0.05) is 25.5 Å². The van der Waals surface area contributed by atoms with Crippen molar-refractivity contribution < 1.29 is 9.59 Å². The fourth-order valence-electron chi connectivity index (χ4n) is 1.99. The Balaban J connectivity index is 2.05. The van der Waals surface area contributed by atoms with E-state index in [1.807, 2.05) is 17.8 Å². The van der Waals surface area contributed by atoms with Gasteiger partial charge in [-0.05, 0) is 12.8 Å². The molecule has 1 aliphatic carbocycles. The first-order chi connectivity index (χ1) is 8.99. The summed E-state index contributed by atoms with van der Waals surface area (Å²) in [4.78, 5) is 29.0. The average Bonchev–Trinajstić information content (AvgIpc) is 3.09. The number of carbonyl (C=O) groups is 2. The van der Waals surface area contributed by atoms with Crippen LogP contribution in [0.4, 0.5) is 0 Å². The van der Waals surface area contributed by atoms with Gasteiger partial charge in [0.1, 0.15) is 5.82 Å². The van der Waals surface area contributed by atoms with Gasteiger partial charge < -0.3 is 20.9 Å². The molecule has 7 heteroatoms. The Morgan fingerprint density at radius 2 is 2.26 bits per heavy atom. The highest BCUT2D eigenvalue weighted by molar-refractivity contribution is 5.87. The van der Waals surface area contributed by atoms with Crippen LogP contribution in [0.1, 0.15) is 25.1 Å². The molecule has 1 aliphatic rings. The van der Waals surface area contributed by atoms with Crippen molar-refractivity contribution in [3.05, 3.63) is 18.2 Å². The normalized spacial score (nSPS) is 16.1. The summed E-state index contributed by atoms with van der Waals surface area (Å²) >= 11 is 0. The molecule has 2 rings (SSSR count). The van der Waals surface area contributed by atoms with Gasteiger partial charge in [-0.15, -0.1) is 0 Å². The first-order valence-corrected chi connectivity index (χ1v) is 6.29. The molecule has 19 heavy (non-hydrogen) atoms. The van der Waals surface area contributed by atoms with Crippen LogP contribution in [0.25, 0.3) is 0 Å². The molecule has 1 unspecified atom stereocenters. The molecule has 0 radical (unpaired) electrons. The topological polar surface area (TPSA) is 107 Å². The Bertz CT molecular complexity index is 480. The van der Waals surface area contributed by atoms with Crippen LogP contribution in [0, 0.1) is 0 Å². The molecule has 2 amide bonds. The standard InChI is InChI=1S/C12H19N5O2/c1-16-5-4-15-11(16)7-17(8-2-3-8)12(19)9(13)6-10(14)18/h4-5,8-9H,2-3,6-7,13H2,1H3,(H2,14,18). The van der Waals surface area contributed by atoms with Gasteiger partial charge in [-0.2, -0.15) is 0 Å². The summed E-state index contributed by atoms with van der Waals surface area (Å²) in [5, 5.41) is 0. The highest BCUT2D eigenvalue weighted by Gasteiger charge is 2.35. The Kier molecular flexibility index (Phi) is 3.84. The third-order valence-corrected chi connectivity index (χ3v) is 3.24. The minimum absolute atomic E-state index is 0.122. The number of imidazole rings is 1. The van der Waals surface area contributed by atoms with Crippen molar-refractivity contribution in [1.29, 1.82) is 0 Å². The van der Waals surface area contributed by atoms with Crippen LogP contribution in [0.3, 0.4) is 0 Å². The van der Waals surface area contributed by atoms with Crippen LogP contribution in [-0.2, 0) is 23.2 Å². The molecule has 4 N–H and O–H groups in total. The van der Waals surface area contributed by atoms with Gasteiger partial charge in [0.15, 0.2) is 0 Å². The fourth-order valence-corrected chi connectivity index (χ4v) is 1.99. The van der Waals surface area contributed by atoms with Crippen molar-refractivity contribution in [3.63, 3.8) is 0 Å². The van der Waals surface area contributed by atoms with E-state index in [-0.39, 0.29) is 18.4 Å². The van der Waals surface area contributed by atoms with Crippen molar-refractivity contribution in [3.8, 4) is 0 Å². The number of hydrogen-bond acceptors (Lipinski definition) is 4. The smallest absolute Gasteiger partial charge is 0.240 e. The second-order valence-electron chi connectivity index (χ2n) is 4.93. The number of nitrogens with two attached hydrogens (primary N) is 2. The third-order valence-electron chi connectivity index (χ3n) is 3.24. The lowest BCUT2D eigenvalue weighted by Crippen LogP contribution is -2.46. The summed E-state index contributed by atoms with van der Waals surface area (Å²) in [6.07, 6.45) is 5.34. The van der Waals surface area contributed by atoms with Crippen LogP contribution in [0.15, 0.2) is 12.4 Å². The van der Waals surface area contributed by atoms with Crippen molar-refractivity contribution >= 4 is 11.8 Å². The van der Waals surface area contributed by atoms with Crippen molar-refractivity contribution in [2.24, 2.45) is 18.5 Å². The summed E-state index contributed by atoms with van der Waals surface area (Å²) in [7, 11) is 1.88. The first kappa shape index (κ1) is 13.5. The zero-order chi connectivity index (χ0) is 14.0. The highest BCUT2D eigenvalue weighted by Crippen LogP contribution is 2.28. The molecule has 0 bridgehead atoms. The molecule has 7 nitrogen and oxygen atoms in total. The van der Waals surface area contributed by atoms with E-state index in [4.69, 9.17) is 11.5 Å². The number of aryl methyl sites for hydroxylation is 1. The van der Waals surface area contributed by atoms with E-state index < -0.39 is 11.9 Å². The van der Waals surface area contributed by atoms with Crippen LogP contribution < -0.4 is 11.5 Å². The second kappa shape index (κ2) is 5.40. The maximum Gasteiger partial charge on any atom is 0.240 e. The highest BCUT2D eigenvalue weighted by atomic mass is 16.2. The van der Waals surface area contributed by atoms with Crippen LogP contribution >= 0.6 is 0 Å². The van der Waals surface area contributed by atoms with Crippen LogP contribution in [0.5, 0.6) is 0 Å². The molecule has 0 saturated heterocycles. The molecule has 1 atom stereocenters. The lowest BCUT2D eigenvalue weighted by Gasteiger charge is -2.25. The maximum absolute atomic E-state index is 12.3. The Morgan fingerprint density at radius 1 is 1.58 bits per heavy atom. The predicted octanol–water partition coefficient (Wildman–Crippen LogP) is -0.886. The lowest BCUT2D eigenvalue weighted by atomic mass is 10.2. The predicted molar refractivity (Wildman–Crippen MR) is 68.6 cm³/mol. The number of hydrogen-bond donors (Lipinski definition) is 2. The van der Waals surface area contributed by atoms with Crippen LogP contribution in [0.2, 0.25) is 0 Å². The van der Waals surface area contributed by atoms with E-state index in [0.717, 1.165) is 18.7 Å². The van der Waals surface area contributed by atoms with E-state index in [2.05, 4.69) is 4.98 Å². The maximum atomic E-state index is 12.3. The molecule has 1 heterocycles. The first-order valence-electron chi connectivity index (χ1n) is 6.29. The van der Waals surface area contributed by atoms with E-state index in [1.165, 1.54) is 0 Å². The minimum atomic E-state index is -0.863. The number of nitrogens with zero attached hydrogens (tertiary/aromatic N) is 3. The summed E-state index contributed by atoms with van der Waals surface area (Å²) in [5.74, 6) is 0.00409. The number of primary amides is 1. The molecular weight excluding hydrogens is 246 g/mol. The van der Waals surface area contributed by atoms with Gasteiger partial charge in [0.25, 0.3) is 0 Å². The summed E-state index contributed by atoms with van der Waals surface area (Å²) in [6, 6.07) is -0.651. The third kappa shape index (κ3) is 3.31. The molecule has 0 aromatic carbocycles. The minimum Gasteiger partial charge on any atom is -0.370 e. The van der Waals surface area contributed by atoms with Crippen LogP contribution in [-0.4, -0.2) is 38.3 Å². The van der Waals surface area contributed by atoms with Gasteiger partial charge in [0.05, 0.1) is 19.0 Å². The van der Waals surface area contributed by atoms with Gasteiger partial charge in [-0.3, -0.25) is 9.59 Å². The zero-order valence-corrected chi connectivity index (χ0v) is 11.0. The monoisotopic (exact) mass is 265 g/mol. The van der Waals surface area contributed by atoms with Gasteiger partial charge >= 0.3 is 0 Å². The lowest BCUT2D eigenvalue weighted by molar-refractivity contribution is -0.135. The fraction of sp³-hybridized carbons (Fsp3) is 0.583. The molecule has 104 valence electrons. The summed E-state index contributed by atoms with van der Waals surface area (Å²) in [5.41, 5.74) is 10.8. The van der Waals surface area contributed by atoms with Crippen molar-refractivity contribution in [1.82, 2.24) is 14.5 Å². The molecule has 1 fully saturated rings. The Labute approximate surface area is 111 Å². The Morgan fingerprint density at radius 3 is 2.74 bits per heavy atom. The SMILES string of the molecule is Cn1ccnc1CN(C(=O)C(N)CC(N)=O)C1CC1.